The van der Waals surface area contributed by atoms with Crippen molar-refractivity contribution in [2.24, 2.45) is 5.41 Å². The molecule has 0 radical (unpaired) electrons. The highest BCUT2D eigenvalue weighted by Crippen LogP contribution is 2.50. The van der Waals surface area contributed by atoms with E-state index in [1.54, 1.807) is 18.2 Å². The van der Waals surface area contributed by atoms with Crippen LogP contribution in [0, 0.1) is 5.41 Å². The Hall–Kier alpha value is -3.96. The number of benzene rings is 2. The van der Waals surface area contributed by atoms with Crippen molar-refractivity contribution in [1.29, 1.82) is 0 Å². The summed E-state index contributed by atoms with van der Waals surface area (Å²) in [6.07, 6.45) is 4.27. The summed E-state index contributed by atoms with van der Waals surface area (Å²) in [5, 5.41) is 19.2. The van der Waals surface area contributed by atoms with Gasteiger partial charge < -0.3 is 30.7 Å². The van der Waals surface area contributed by atoms with E-state index in [9.17, 15) is 24.3 Å². The van der Waals surface area contributed by atoms with E-state index in [-0.39, 0.29) is 49.3 Å². The predicted octanol–water partition coefficient (Wildman–Crippen LogP) is 1.20. The zero-order valence-corrected chi connectivity index (χ0v) is 24.1. The predicted molar refractivity (Wildman–Crippen MR) is 156 cm³/mol. The molecule has 4 amide bonds. The Bertz CT molecular complexity index is 1480. The molecule has 7 rings (SSSR count). The molecule has 1 saturated heterocycles. The SMILES string of the molecule is O=C(NCC(O)CN1CCc2ccccc2C1)c1ccc2c(c1)NC(=O)C1(CN(C(=O)C3(C(=O)NC4CCC4)CC3)C1)O2. The first-order valence-corrected chi connectivity index (χ1v) is 15.2. The summed E-state index contributed by atoms with van der Waals surface area (Å²) in [6, 6.07) is 13.3. The van der Waals surface area contributed by atoms with Gasteiger partial charge in [-0.05, 0) is 67.9 Å². The molecular formula is C32H37N5O6. The minimum absolute atomic E-state index is 0.0678. The van der Waals surface area contributed by atoms with Crippen LogP contribution in [0.2, 0.25) is 0 Å². The molecule has 226 valence electrons. The Labute approximate surface area is 249 Å². The summed E-state index contributed by atoms with van der Waals surface area (Å²) in [5.74, 6) is -0.772. The van der Waals surface area contributed by atoms with E-state index in [4.69, 9.17) is 4.74 Å². The van der Waals surface area contributed by atoms with Gasteiger partial charge >= 0.3 is 0 Å². The van der Waals surface area contributed by atoms with Gasteiger partial charge in [0.2, 0.25) is 17.4 Å². The standard InChI is InChI=1S/C32H37N5O6/c38-24(17-36-13-10-20-4-1-2-5-22(20)16-36)15-33-27(39)21-8-9-26-25(14-21)35-29(41)32(43-26)18-37(19-32)30(42)31(11-12-31)28(40)34-23-6-3-7-23/h1-2,4-5,8-9,14,23-24,38H,3,6-7,10-13,15-19H2,(H,33,39)(H,34,40)(H,35,41). The van der Waals surface area contributed by atoms with Gasteiger partial charge in [0.1, 0.15) is 11.2 Å². The summed E-state index contributed by atoms with van der Waals surface area (Å²) >= 11 is 0. The minimum atomic E-state index is -1.22. The molecule has 0 bridgehead atoms. The first-order chi connectivity index (χ1) is 20.7. The zero-order valence-electron chi connectivity index (χ0n) is 24.1. The third-order valence-corrected chi connectivity index (χ3v) is 9.60. The number of amides is 4. The summed E-state index contributed by atoms with van der Waals surface area (Å²) in [6.45, 7) is 2.32. The number of anilines is 1. The van der Waals surface area contributed by atoms with Gasteiger partial charge in [0, 0.05) is 37.8 Å². The normalized spacial score (nSPS) is 22.1. The van der Waals surface area contributed by atoms with Gasteiger partial charge in [0.15, 0.2) is 0 Å². The van der Waals surface area contributed by atoms with Crippen molar-refractivity contribution in [3.8, 4) is 5.75 Å². The molecule has 1 spiro atoms. The molecule has 2 aliphatic carbocycles. The molecule has 4 N–H and O–H groups in total. The molecule has 3 fully saturated rings. The Morgan fingerprint density at radius 2 is 1.86 bits per heavy atom. The van der Waals surface area contributed by atoms with Crippen LogP contribution < -0.4 is 20.7 Å². The van der Waals surface area contributed by atoms with Gasteiger partial charge in [-0.1, -0.05) is 24.3 Å². The second-order valence-corrected chi connectivity index (χ2v) is 12.7. The molecule has 2 aromatic rings. The van der Waals surface area contributed by atoms with E-state index < -0.39 is 17.1 Å². The largest absolute Gasteiger partial charge is 0.471 e. The van der Waals surface area contributed by atoms with Crippen LogP contribution in [0.4, 0.5) is 5.69 Å². The van der Waals surface area contributed by atoms with E-state index in [1.807, 2.05) is 12.1 Å². The highest BCUT2D eigenvalue weighted by molar-refractivity contribution is 6.10. The Morgan fingerprint density at radius 3 is 2.58 bits per heavy atom. The molecule has 1 unspecified atom stereocenters. The molecule has 3 aliphatic heterocycles. The summed E-state index contributed by atoms with van der Waals surface area (Å²) in [7, 11) is 0. The number of nitrogens with one attached hydrogen (secondary N) is 3. The van der Waals surface area contributed by atoms with Gasteiger partial charge in [-0.15, -0.1) is 0 Å². The lowest BCUT2D eigenvalue weighted by Gasteiger charge is -2.50. The fourth-order valence-corrected chi connectivity index (χ4v) is 6.50. The van der Waals surface area contributed by atoms with Crippen molar-refractivity contribution in [1.82, 2.24) is 20.4 Å². The van der Waals surface area contributed by atoms with Gasteiger partial charge in [-0.3, -0.25) is 24.1 Å². The highest BCUT2D eigenvalue weighted by Gasteiger charge is 2.64. The number of rotatable bonds is 8. The van der Waals surface area contributed by atoms with Crippen LogP contribution in [0.15, 0.2) is 42.5 Å². The molecule has 3 heterocycles. The number of hydrogen-bond acceptors (Lipinski definition) is 7. The van der Waals surface area contributed by atoms with Gasteiger partial charge in [-0.25, -0.2) is 0 Å². The van der Waals surface area contributed by atoms with Crippen molar-refractivity contribution in [2.45, 2.75) is 62.8 Å². The number of aliphatic hydroxyl groups excluding tert-OH is 1. The summed E-state index contributed by atoms with van der Waals surface area (Å²) in [5.41, 5.74) is 1.09. The molecule has 0 aromatic heterocycles. The van der Waals surface area contributed by atoms with Crippen molar-refractivity contribution < 1.29 is 29.0 Å². The van der Waals surface area contributed by atoms with Crippen molar-refractivity contribution in [2.75, 3.05) is 38.0 Å². The number of hydrogen-bond donors (Lipinski definition) is 4. The zero-order chi connectivity index (χ0) is 29.8. The Kier molecular flexibility index (Phi) is 6.89. The molecule has 1 atom stereocenters. The monoisotopic (exact) mass is 587 g/mol. The maximum absolute atomic E-state index is 13.2. The molecular weight excluding hydrogens is 550 g/mol. The Morgan fingerprint density at radius 1 is 1.09 bits per heavy atom. The first kappa shape index (κ1) is 27.8. The molecule has 2 saturated carbocycles. The maximum atomic E-state index is 13.2. The van der Waals surface area contributed by atoms with E-state index in [0.717, 1.165) is 38.8 Å². The van der Waals surface area contributed by atoms with Crippen molar-refractivity contribution in [3.05, 3.63) is 59.2 Å². The number of likely N-dealkylation sites (tertiary alicyclic amines) is 1. The molecule has 43 heavy (non-hydrogen) atoms. The molecule has 11 nitrogen and oxygen atoms in total. The van der Waals surface area contributed by atoms with E-state index in [0.29, 0.717) is 36.4 Å². The number of fused-ring (bicyclic) bond motifs is 2. The summed E-state index contributed by atoms with van der Waals surface area (Å²) < 4.78 is 6.09. The van der Waals surface area contributed by atoms with Crippen LogP contribution in [0.1, 0.15) is 53.6 Å². The van der Waals surface area contributed by atoms with Crippen LogP contribution in [0.25, 0.3) is 0 Å². The molecule has 2 aromatic carbocycles. The minimum Gasteiger partial charge on any atom is -0.471 e. The van der Waals surface area contributed by atoms with Crippen molar-refractivity contribution in [3.63, 3.8) is 0 Å². The molecule has 11 heteroatoms. The van der Waals surface area contributed by atoms with E-state index in [1.165, 1.54) is 16.0 Å². The lowest BCUT2D eigenvalue weighted by molar-refractivity contribution is -0.166. The van der Waals surface area contributed by atoms with Crippen LogP contribution in [0.3, 0.4) is 0 Å². The van der Waals surface area contributed by atoms with Gasteiger partial charge in [0.25, 0.3) is 11.8 Å². The lowest BCUT2D eigenvalue weighted by atomic mass is 9.87. The van der Waals surface area contributed by atoms with Gasteiger partial charge in [-0.2, -0.15) is 0 Å². The maximum Gasteiger partial charge on any atom is 0.272 e. The smallest absolute Gasteiger partial charge is 0.272 e. The second kappa shape index (κ2) is 10.6. The highest BCUT2D eigenvalue weighted by atomic mass is 16.5. The average Bonchev–Trinajstić information content (AvgIpc) is 3.78. The third kappa shape index (κ3) is 5.14. The lowest BCUT2D eigenvalue weighted by Crippen LogP contribution is -2.73. The summed E-state index contributed by atoms with van der Waals surface area (Å²) in [4.78, 5) is 55.7. The van der Waals surface area contributed by atoms with E-state index in [2.05, 4.69) is 33.0 Å². The first-order valence-electron chi connectivity index (χ1n) is 15.2. The van der Waals surface area contributed by atoms with Gasteiger partial charge in [0.05, 0.1) is 24.9 Å². The van der Waals surface area contributed by atoms with Crippen LogP contribution in [-0.4, -0.2) is 89.0 Å². The molecule has 5 aliphatic rings. The Balaban J connectivity index is 0.913. The topological polar surface area (TPSA) is 140 Å². The quantitative estimate of drug-likeness (QED) is 0.340. The van der Waals surface area contributed by atoms with Crippen LogP contribution >= 0.6 is 0 Å². The third-order valence-electron chi connectivity index (χ3n) is 9.60. The number of carbonyl (C=O) groups excluding carboxylic acids is 4. The fourth-order valence-electron chi connectivity index (χ4n) is 6.50. The number of carbonyl (C=O) groups is 4. The number of β-amino-alcohol motifs (C(OH)–C–C–N with tert-alkyl or cyclic N) is 1. The number of nitrogens with zero attached hydrogens (tertiary/aromatic N) is 2. The van der Waals surface area contributed by atoms with Crippen LogP contribution in [-0.2, 0) is 27.3 Å². The second-order valence-electron chi connectivity index (χ2n) is 12.7. The fraction of sp³-hybridized carbons (Fsp3) is 0.500. The van der Waals surface area contributed by atoms with Crippen LogP contribution in [0.5, 0.6) is 5.75 Å². The van der Waals surface area contributed by atoms with E-state index >= 15 is 0 Å². The number of ether oxygens (including phenoxy) is 1. The van der Waals surface area contributed by atoms with Crippen molar-refractivity contribution >= 4 is 29.3 Å². The average molecular weight is 588 g/mol. The number of aliphatic hydroxyl groups is 1.